The van der Waals surface area contributed by atoms with E-state index >= 15 is 0 Å². The number of rotatable bonds is 3. The molecule has 1 aromatic rings. The highest BCUT2D eigenvalue weighted by molar-refractivity contribution is 5.33. The van der Waals surface area contributed by atoms with Crippen LogP contribution in [-0.2, 0) is 6.54 Å². The van der Waals surface area contributed by atoms with Crippen LogP contribution in [-0.4, -0.2) is 50.1 Å². The molecule has 0 bridgehead atoms. The molecule has 0 N–H and O–H groups in total. The number of methoxy groups -OCH3 is 1. The average molecular weight is 234 g/mol. The molecule has 3 heteroatoms. The molecular weight excluding hydrogens is 212 g/mol. The summed E-state index contributed by atoms with van der Waals surface area (Å²) < 4.78 is 5.32. The Bertz CT molecular complexity index is 370. The van der Waals surface area contributed by atoms with Crippen LogP contribution < -0.4 is 4.74 Å². The van der Waals surface area contributed by atoms with Gasteiger partial charge in [-0.05, 0) is 37.2 Å². The molecule has 17 heavy (non-hydrogen) atoms. The van der Waals surface area contributed by atoms with Gasteiger partial charge in [-0.15, -0.1) is 0 Å². The van der Waals surface area contributed by atoms with Gasteiger partial charge < -0.3 is 9.64 Å². The maximum Gasteiger partial charge on any atom is 0.119 e. The fourth-order valence-corrected chi connectivity index (χ4v) is 2.30. The molecule has 94 valence electrons. The quantitative estimate of drug-likeness (QED) is 0.792. The fraction of sp³-hybridized carbons (Fsp3) is 0.571. The zero-order valence-electron chi connectivity index (χ0n) is 11.1. The van der Waals surface area contributed by atoms with Gasteiger partial charge in [0.05, 0.1) is 7.11 Å². The SMILES string of the molecule is COc1cc(C)cc(CN2CCN(C)CC2)c1. The minimum atomic E-state index is 0.967. The highest BCUT2D eigenvalue weighted by Crippen LogP contribution is 2.18. The van der Waals surface area contributed by atoms with E-state index in [9.17, 15) is 0 Å². The number of aryl methyl sites for hydroxylation is 1. The number of hydrogen-bond donors (Lipinski definition) is 0. The first-order valence-corrected chi connectivity index (χ1v) is 6.23. The predicted octanol–water partition coefficient (Wildman–Crippen LogP) is 1.75. The first kappa shape index (κ1) is 12.4. The van der Waals surface area contributed by atoms with E-state index in [0.717, 1.165) is 25.4 Å². The summed E-state index contributed by atoms with van der Waals surface area (Å²) in [7, 11) is 3.92. The summed E-state index contributed by atoms with van der Waals surface area (Å²) in [4.78, 5) is 4.89. The van der Waals surface area contributed by atoms with Crippen LogP contribution in [0.2, 0.25) is 0 Å². The standard InChI is InChI=1S/C14H22N2O/c1-12-8-13(10-14(9-12)17-3)11-16-6-4-15(2)5-7-16/h8-10H,4-7,11H2,1-3H3. The van der Waals surface area contributed by atoms with Crippen LogP contribution in [0.3, 0.4) is 0 Å². The second-order valence-electron chi connectivity index (χ2n) is 4.94. The van der Waals surface area contributed by atoms with Crippen molar-refractivity contribution < 1.29 is 4.74 Å². The van der Waals surface area contributed by atoms with Crippen molar-refractivity contribution in [2.75, 3.05) is 40.3 Å². The molecule has 0 spiro atoms. The third kappa shape index (κ3) is 3.45. The molecule has 1 aromatic carbocycles. The molecule has 1 saturated heterocycles. The van der Waals surface area contributed by atoms with Gasteiger partial charge in [-0.1, -0.05) is 6.07 Å². The fourth-order valence-electron chi connectivity index (χ4n) is 2.30. The second-order valence-corrected chi connectivity index (χ2v) is 4.94. The monoisotopic (exact) mass is 234 g/mol. The summed E-state index contributed by atoms with van der Waals surface area (Å²) in [6.07, 6.45) is 0. The molecule has 3 nitrogen and oxygen atoms in total. The van der Waals surface area contributed by atoms with Crippen molar-refractivity contribution in [3.63, 3.8) is 0 Å². The van der Waals surface area contributed by atoms with Crippen molar-refractivity contribution in [1.29, 1.82) is 0 Å². The molecule has 0 aromatic heterocycles. The normalized spacial score (nSPS) is 18.3. The molecule has 1 aliphatic heterocycles. The van der Waals surface area contributed by atoms with Crippen molar-refractivity contribution in [3.8, 4) is 5.75 Å². The minimum Gasteiger partial charge on any atom is -0.497 e. The topological polar surface area (TPSA) is 15.7 Å². The second kappa shape index (κ2) is 5.52. The van der Waals surface area contributed by atoms with E-state index in [4.69, 9.17) is 4.74 Å². The van der Waals surface area contributed by atoms with E-state index in [2.05, 4.69) is 42.0 Å². The molecule has 1 fully saturated rings. The van der Waals surface area contributed by atoms with E-state index in [1.807, 2.05) is 0 Å². The number of likely N-dealkylation sites (N-methyl/N-ethyl adjacent to an activating group) is 1. The predicted molar refractivity (Wildman–Crippen MR) is 70.5 cm³/mol. The molecule has 0 aliphatic carbocycles. The van der Waals surface area contributed by atoms with Gasteiger partial charge in [-0.25, -0.2) is 0 Å². The molecule has 1 heterocycles. The third-order valence-corrected chi connectivity index (χ3v) is 3.35. The Morgan fingerprint density at radius 3 is 2.47 bits per heavy atom. The lowest BCUT2D eigenvalue weighted by Gasteiger charge is -2.32. The van der Waals surface area contributed by atoms with Crippen LogP contribution in [0.25, 0.3) is 0 Å². The van der Waals surface area contributed by atoms with Gasteiger partial charge in [0, 0.05) is 32.7 Å². The van der Waals surface area contributed by atoms with Gasteiger partial charge in [0.2, 0.25) is 0 Å². The minimum absolute atomic E-state index is 0.967. The summed E-state index contributed by atoms with van der Waals surface area (Å²) in [5, 5.41) is 0. The van der Waals surface area contributed by atoms with Crippen LogP contribution in [0, 0.1) is 6.92 Å². The summed E-state index contributed by atoms with van der Waals surface area (Å²) in [5.74, 6) is 0.967. The van der Waals surface area contributed by atoms with E-state index in [-0.39, 0.29) is 0 Å². The van der Waals surface area contributed by atoms with Gasteiger partial charge in [0.15, 0.2) is 0 Å². The molecule has 0 unspecified atom stereocenters. The van der Waals surface area contributed by atoms with Gasteiger partial charge in [-0.3, -0.25) is 4.90 Å². The van der Waals surface area contributed by atoms with Gasteiger partial charge in [-0.2, -0.15) is 0 Å². The van der Waals surface area contributed by atoms with E-state index in [1.165, 1.54) is 24.2 Å². The van der Waals surface area contributed by atoms with Crippen molar-refractivity contribution in [3.05, 3.63) is 29.3 Å². The Morgan fingerprint density at radius 1 is 1.12 bits per heavy atom. The van der Waals surface area contributed by atoms with Gasteiger partial charge in [0.25, 0.3) is 0 Å². The van der Waals surface area contributed by atoms with Crippen LogP contribution in [0.15, 0.2) is 18.2 Å². The third-order valence-electron chi connectivity index (χ3n) is 3.35. The van der Waals surface area contributed by atoms with Gasteiger partial charge >= 0.3 is 0 Å². The lowest BCUT2D eigenvalue weighted by atomic mass is 10.1. The number of ether oxygens (including phenoxy) is 1. The van der Waals surface area contributed by atoms with Crippen molar-refractivity contribution in [1.82, 2.24) is 9.80 Å². The van der Waals surface area contributed by atoms with Crippen molar-refractivity contribution >= 4 is 0 Å². The molecule has 2 rings (SSSR count). The van der Waals surface area contributed by atoms with Crippen LogP contribution in [0.4, 0.5) is 0 Å². The zero-order valence-corrected chi connectivity index (χ0v) is 11.1. The first-order valence-electron chi connectivity index (χ1n) is 6.23. The maximum absolute atomic E-state index is 5.32. The maximum atomic E-state index is 5.32. The number of nitrogens with zero attached hydrogens (tertiary/aromatic N) is 2. The lowest BCUT2D eigenvalue weighted by molar-refractivity contribution is 0.148. The smallest absolute Gasteiger partial charge is 0.119 e. The number of benzene rings is 1. The van der Waals surface area contributed by atoms with Crippen LogP contribution in [0.1, 0.15) is 11.1 Å². The van der Waals surface area contributed by atoms with E-state index in [0.29, 0.717) is 0 Å². The summed E-state index contributed by atoms with van der Waals surface area (Å²) in [6, 6.07) is 6.47. The summed E-state index contributed by atoms with van der Waals surface area (Å²) >= 11 is 0. The molecule has 0 saturated carbocycles. The van der Waals surface area contributed by atoms with Crippen LogP contribution in [0.5, 0.6) is 5.75 Å². The Morgan fingerprint density at radius 2 is 1.82 bits per heavy atom. The van der Waals surface area contributed by atoms with Crippen LogP contribution >= 0.6 is 0 Å². The molecule has 0 amide bonds. The Kier molecular flexibility index (Phi) is 4.02. The molecule has 0 atom stereocenters. The zero-order chi connectivity index (χ0) is 12.3. The van der Waals surface area contributed by atoms with E-state index < -0.39 is 0 Å². The Balaban J connectivity index is 2.00. The largest absolute Gasteiger partial charge is 0.497 e. The molecule has 1 aliphatic rings. The molecular formula is C14H22N2O. The number of hydrogen-bond acceptors (Lipinski definition) is 3. The average Bonchev–Trinajstić information content (AvgIpc) is 2.31. The van der Waals surface area contributed by atoms with Crippen molar-refractivity contribution in [2.45, 2.75) is 13.5 Å². The summed E-state index contributed by atoms with van der Waals surface area (Å²) in [6.45, 7) is 7.81. The lowest BCUT2D eigenvalue weighted by Crippen LogP contribution is -2.43. The Hall–Kier alpha value is -1.06. The highest BCUT2D eigenvalue weighted by atomic mass is 16.5. The molecule has 0 radical (unpaired) electrons. The van der Waals surface area contributed by atoms with E-state index in [1.54, 1.807) is 7.11 Å². The first-order chi connectivity index (χ1) is 8.17. The van der Waals surface area contributed by atoms with Gasteiger partial charge in [0.1, 0.15) is 5.75 Å². The highest BCUT2D eigenvalue weighted by Gasteiger charge is 2.14. The Labute approximate surface area is 104 Å². The van der Waals surface area contributed by atoms with Crippen molar-refractivity contribution in [2.24, 2.45) is 0 Å². The summed E-state index contributed by atoms with van der Waals surface area (Å²) in [5.41, 5.74) is 2.62. The number of piperazine rings is 1.